The van der Waals surface area contributed by atoms with Gasteiger partial charge in [0.25, 0.3) is 0 Å². The predicted octanol–water partition coefficient (Wildman–Crippen LogP) is 2.20. The van der Waals surface area contributed by atoms with Crippen molar-refractivity contribution in [1.82, 2.24) is 4.98 Å². The Morgan fingerprint density at radius 2 is 1.96 bits per heavy atom. The lowest BCUT2D eigenvalue weighted by molar-refractivity contribution is 0.0600. The number of sulfone groups is 1. The first kappa shape index (κ1) is 19.3. The number of aryl methyl sites for hydroxylation is 1. The standard InChI is InChI=1S/C18H19N3O4S/c1-13-11-14(18(22)25-2)3-4-17(13)26(23,24)12-15(19)5-10-21-16-6-8-20-9-7-16/h3-11H,12,19H2,1-2H3/b15-5-,21-10?. The van der Waals surface area contributed by atoms with E-state index in [-0.39, 0.29) is 21.9 Å². The Balaban J connectivity index is 2.16. The summed E-state index contributed by atoms with van der Waals surface area (Å²) in [6.45, 7) is 1.62. The Hall–Kier alpha value is -3.00. The maximum absolute atomic E-state index is 12.6. The van der Waals surface area contributed by atoms with Gasteiger partial charge in [-0.15, -0.1) is 0 Å². The van der Waals surface area contributed by atoms with Gasteiger partial charge in [-0.2, -0.15) is 0 Å². The number of ether oxygens (including phenoxy) is 1. The molecule has 0 spiro atoms. The molecular weight excluding hydrogens is 354 g/mol. The summed E-state index contributed by atoms with van der Waals surface area (Å²) >= 11 is 0. The van der Waals surface area contributed by atoms with Gasteiger partial charge in [0, 0.05) is 24.3 Å². The van der Waals surface area contributed by atoms with Gasteiger partial charge in [0.1, 0.15) is 0 Å². The van der Waals surface area contributed by atoms with Crippen molar-refractivity contribution in [3.63, 3.8) is 0 Å². The van der Waals surface area contributed by atoms with Gasteiger partial charge in [-0.25, -0.2) is 13.2 Å². The highest BCUT2D eigenvalue weighted by atomic mass is 32.2. The molecule has 0 aliphatic carbocycles. The lowest BCUT2D eigenvalue weighted by atomic mass is 10.1. The summed E-state index contributed by atoms with van der Waals surface area (Å²) in [4.78, 5) is 19.7. The quantitative estimate of drug-likeness (QED) is 0.614. The van der Waals surface area contributed by atoms with Crippen LogP contribution in [-0.2, 0) is 14.6 Å². The molecular formula is C18H19N3O4S. The van der Waals surface area contributed by atoms with Gasteiger partial charge in [-0.3, -0.25) is 9.98 Å². The minimum absolute atomic E-state index is 0.118. The third-order valence-corrected chi connectivity index (χ3v) is 5.30. The van der Waals surface area contributed by atoms with Crippen LogP contribution < -0.4 is 5.73 Å². The molecule has 8 heteroatoms. The molecule has 0 fully saturated rings. The molecule has 0 unspecified atom stereocenters. The number of methoxy groups -OCH3 is 1. The number of carbonyl (C=O) groups excluding carboxylic acids is 1. The molecule has 7 nitrogen and oxygen atoms in total. The number of carbonyl (C=O) groups is 1. The van der Waals surface area contributed by atoms with E-state index in [1.165, 1.54) is 37.6 Å². The maximum Gasteiger partial charge on any atom is 0.337 e. The zero-order valence-electron chi connectivity index (χ0n) is 14.4. The lowest BCUT2D eigenvalue weighted by Gasteiger charge is -2.09. The van der Waals surface area contributed by atoms with Crippen LogP contribution in [0.2, 0.25) is 0 Å². The number of benzene rings is 1. The van der Waals surface area contributed by atoms with Crippen molar-refractivity contribution in [2.45, 2.75) is 11.8 Å². The first-order chi connectivity index (χ1) is 12.3. The number of rotatable bonds is 6. The van der Waals surface area contributed by atoms with Crippen molar-refractivity contribution >= 4 is 27.7 Å². The van der Waals surface area contributed by atoms with Gasteiger partial charge in [0.15, 0.2) is 9.84 Å². The highest BCUT2D eigenvalue weighted by Crippen LogP contribution is 2.19. The van der Waals surface area contributed by atoms with Crippen LogP contribution in [0.1, 0.15) is 15.9 Å². The number of hydrogen-bond donors (Lipinski definition) is 1. The van der Waals surface area contributed by atoms with Crippen LogP contribution in [0.4, 0.5) is 5.69 Å². The van der Waals surface area contributed by atoms with Crippen molar-refractivity contribution in [2.24, 2.45) is 10.7 Å². The Labute approximate surface area is 152 Å². The largest absolute Gasteiger partial charge is 0.465 e. The van der Waals surface area contributed by atoms with Crippen LogP contribution in [0, 0.1) is 6.92 Å². The van der Waals surface area contributed by atoms with E-state index in [9.17, 15) is 13.2 Å². The fraction of sp³-hybridized carbons (Fsp3) is 0.167. The number of aliphatic imine (C=N–C) groups is 1. The number of hydrogen-bond acceptors (Lipinski definition) is 7. The second-order valence-electron chi connectivity index (χ2n) is 5.46. The molecule has 0 bridgehead atoms. The third kappa shape index (κ3) is 5.00. The second-order valence-corrected chi connectivity index (χ2v) is 7.41. The van der Waals surface area contributed by atoms with E-state index < -0.39 is 15.8 Å². The van der Waals surface area contributed by atoms with E-state index in [0.717, 1.165) is 0 Å². The molecule has 26 heavy (non-hydrogen) atoms. The topological polar surface area (TPSA) is 112 Å². The van der Waals surface area contributed by atoms with Crippen LogP contribution in [0.25, 0.3) is 0 Å². The molecule has 2 aromatic rings. The summed E-state index contributed by atoms with van der Waals surface area (Å²) in [5.74, 6) is -0.878. The van der Waals surface area contributed by atoms with Crippen LogP contribution in [-0.4, -0.2) is 38.4 Å². The first-order valence-electron chi connectivity index (χ1n) is 7.64. The fourth-order valence-electron chi connectivity index (χ4n) is 2.24. The van der Waals surface area contributed by atoms with Crippen LogP contribution in [0.5, 0.6) is 0 Å². The molecule has 0 atom stereocenters. The van der Waals surface area contributed by atoms with Crippen LogP contribution >= 0.6 is 0 Å². The van der Waals surface area contributed by atoms with E-state index in [4.69, 9.17) is 5.73 Å². The molecule has 1 heterocycles. The first-order valence-corrected chi connectivity index (χ1v) is 9.29. The van der Waals surface area contributed by atoms with Gasteiger partial charge in [-0.05, 0) is 48.9 Å². The number of aromatic nitrogens is 1. The zero-order chi connectivity index (χ0) is 19.2. The van der Waals surface area contributed by atoms with Crippen molar-refractivity contribution in [2.75, 3.05) is 12.9 Å². The maximum atomic E-state index is 12.6. The molecule has 0 aliphatic rings. The minimum atomic E-state index is -3.65. The van der Waals surface area contributed by atoms with Gasteiger partial charge in [0.2, 0.25) is 0 Å². The zero-order valence-corrected chi connectivity index (χ0v) is 15.2. The van der Waals surface area contributed by atoms with Gasteiger partial charge in [-0.1, -0.05) is 0 Å². The molecule has 0 saturated carbocycles. The van der Waals surface area contributed by atoms with Crippen LogP contribution in [0.3, 0.4) is 0 Å². The molecule has 0 saturated heterocycles. The molecule has 1 aromatic heterocycles. The predicted molar refractivity (Wildman–Crippen MR) is 99.2 cm³/mol. The Kier molecular flexibility index (Phi) is 6.24. The highest BCUT2D eigenvalue weighted by Gasteiger charge is 2.19. The van der Waals surface area contributed by atoms with Crippen molar-refractivity contribution in [3.05, 3.63) is 65.6 Å². The smallest absolute Gasteiger partial charge is 0.337 e. The summed E-state index contributed by atoms with van der Waals surface area (Å²) in [5.41, 5.74) is 7.39. The molecule has 1 aromatic carbocycles. The molecule has 0 amide bonds. The molecule has 0 aliphatic heterocycles. The number of allylic oxidation sites excluding steroid dienone is 1. The number of nitrogens with two attached hydrogens (primary N) is 1. The molecule has 136 valence electrons. The van der Waals surface area contributed by atoms with Gasteiger partial charge < -0.3 is 10.5 Å². The van der Waals surface area contributed by atoms with E-state index >= 15 is 0 Å². The molecule has 0 radical (unpaired) electrons. The van der Waals surface area contributed by atoms with Crippen LogP contribution in [0.15, 0.2) is 64.4 Å². The Morgan fingerprint density at radius 3 is 2.58 bits per heavy atom. The number of pyridine rings is 1. The Bertz CT molecular complexity index is 952. The monoisotopic (exact) mass is 373 g/mol. The number of nitrogens with zero attached hydrogens (tertiary/aromatic N) is 2. The normalized spacial score (nSPS) is 12.3. The summed E-state index contributed by atoms with van der Waals surface area (Å²) in [5, 5.41) is 0. The summed E-state index contributed by atoms with van der Waals surface area (Å²) in [6.07, 6.45) is 6.08. The molecule has 2 rings (SSSR count). The van der Waals surface area contributed by atoms with E-state index in [0.29, 0.717) is 11.3 Å². The highest BCUT2D eigenvalue weighted by molar-refractivity contribution is 7.91. The van der Waals surface area contributed by atoms with E-state index in [2.05, 4.69) is 14.7 Å². The molecule has 2 N–H and O–H groups in total. The fourth-order valence-corrected chi connectivity index (χ4v) is 3.75. The SMILES string of the molecule is COC(=O)c1ccc(S(=O)(=O)C/C(N)=C/C=Nc2ccncc2)c(C)c1. The van der Waals surface area contributed by atoms with Crippen molar-refractivity contribution in [3.8, 4) is 0 Å². The van der Waals surface area contributed by atoms with E-state index in [1.54, 1.807) is 31.5 Å². The third-order valence-electron chi connectivity index (χ3n) is 3.46. The van der Waals surface area contributed by atoms with Gasteiger partial charge in [0.05, 0.1) is 29.0 Å². The second kappa shape index (κ2) is 8.39. The Morgan fingerprint density at radius 1 is 1.27 bits per heavy atom. The van der Waals surface area contributed by atoms with Crippen molar-refractivity contribution < 1.29 is 17.9 Å². The van der Waals surface area contributed by atoms with Gasteiger partial charge >= 0.3 is 5.97 Å². The summed E-state index contributed by atoms with van der Waals surface area (Å²) in [7, 11) is -2.39. The van der Waals surface area contributed by atoms with Crippen molar-refractivity contribution in [1.29, 1.82) is 0 Å². The minimum Gasteiger partial charge on any atom is -0.465 e. The summed E-state index contributed by atoms with van der Waals surface area (Å²) in [6, 6.07) is 7.70. The lowest BCUT2D eigenvalue weighted by Crippen LogP contribution is -2.16. The number of esters is 1. The average Bonchev–Trinajstić information content (AvgIpc) is 2.61. The van der Waals surface area contributed by atoms with E-state index in [1.807, 2.05) is 0 Å². The average molecular weight is 373 g/mol. The summed E-state index contributed by atoms with van der Waals surface area (Å²) < 4.78 is 29.7.